The van der Waals surface area contributed by atoms with Gasteiger partial charge in [-0.1, -0.05) is 26.3 Å². The van der Waals surface area contributed by atoms with Crippen LogP contribution in [0, 0.1) is 0 Å². The third-order valence-corrected chi connectivity index (χ3v) is 2.11. The third-order valence-electron chi connectivity index (χ3n) is 2.11. The van der Waals surface area contributed by atoms with Crippen LogP contribution in [0.3, 0.4) is 0 Å². The molecule has 1 N–H and O–H groups in total. The number of rotatable bonds is 6. The minimum Gasteiger partial charge on any atom is -0.480 e. The standard InChI is InChI=1S/C10H17NO3/c1-4-6-7-8(10(13)14)11(3)9(12)5-2/h5,8H,2,4,6-7H2,1,3H3,(H,13,14). The molecule has 0 saturated heterocycles. The van der Waals surface area contributed by atoms with Crippen molar-refractivity contribution in [2.24, 2.45) is 0 Å². The van der Waals surface area contributed by atoms with Crippen molar-refractivity contribution >= 4 is 11.9 Å². The van der Waals surface area contributed by atoms with Crippen LogP contribution >= 0.6 is 0 Å². The van der Waals surface area contributed by atoms with Crippen LogP contribution in [0.5, 0.6) is 0 Å². The van der Waals surface area contributed by atoms with Crippen LogP contribution in [-0.2, 0) is 9.59 Å². The van der Waals surface area contributed by atoms with Gasteiger partial charge < -0.3 is 10.0 Å². The van der Waals surface area contributed by atoms with Gasteiger partial charge in [0.15, 0.2) is 0 Å². The third kappa shape index (κ3) is 3.60. The van der Waals surface area contributed by atoms with Gasteiger partial charge in [0, 0.05) is 7.05 Å². The van der Waals surface area contributed by atoms with Gasteiger partial charge in [0.25, 0.3) is 0 Å². The van der Waals surface area contributed by atoms with Crippen molar-refractivity contribution in [2.75, 3.05) is 7.05 Å². The van der Waals surface area contributed by atoms with Gasteiger partial charge in [0.1, 0.15) is 6.04 Å². The van der Waals surface area contributed by atoms with E-state index in [1.165, 1.54) is 11.9 Å². The van der Waals surface area contributed by atoms with Crippen LogP contribution < -0.4 is 0 Å². The summed E-state index contributed by atoms with van der Waals surface area (Å²) in [4.78, 5) is 23.2. The van der Waals surface area contributed by atoms with Crippen molar-refractivity contribution in [3.8, 4) is 0 Å². The molecular formula is C10H17NO3. The smallest absolute Gasteiger partial charge is 0.326 e. The maximum Gasteiger partial charge on any atom is 0.326 e. The van der Waals surface area contributed by atoms with E-state index in [1.54, 1.807) is 0 Å². The summed E-state index contributed by atoms with van der Waals surface area (Å²) in [6.45, 7) is 5.30. The Labute approximate surface area is 84.2 Å². The van der Waals surface area contributed by atoms with Crippen LogP contribution in [0.1, 0.15) is 26.2 Å². The fourth-order valence-corrected chi connectivity index (χ4v) is 1.18. The minimum atomic E-state index is -0.962. The zero-order valence-corrected chi connectivity index (χ0v) is 8.69. The van der Waals surface area contributed by atoms with E-state index < -0.39 is 12.0 Å². The molecular weight excluding hydrogens is 182 g/mol. The Morgan fingerprint density at radius 2 is 2.14 bits per heavy atom. The highest BCUT2D eigenvalue weighted by molar-refractivity contribution is 5.90. The Balaban J connectivity index is 4.40. The second-order valence-electron chi connectivity index (χ2n) is 3.15. The normalized spacial score (nSPS) is 11.9. The number of carbonyl (C=O) groups is 2. The molecule has 0 aromatic carbocycles. The Hall–Kier alpha value is -1.32. The predicted molar refractivity (Wildman–Crippen MR) is 53.9 cm³/mol. The maximum absolute atomic E-state index is 11.2. The number of carboxylic acids is 1. The van der Waals surface area contributed by atoms with Gasteiger partial charge in [-0.25, -0.2) is 4.79 Å². The van der Waals surface area contributed by atoms with Crippen LogP contribution in [-0.4, -0.2) is 35.0 Å². The SMILES string of the molecule is C=CC(=O)N(C)C(CCCC)C(=O)O. The minimum absolute atomic E-state index is 0.353. The van der Waals surface area contributed by atoms with Crippen molar-refractivity contribution in [2.45, 2.75) is 32.2 Å². The first-order chi connectivity index (χ1) is 6.54. The van der Waals surface area contributed by atoms with Crippen molar-refractivity contribution < 1.29 is 14.7 Å². The molecule has 0 aromatic heterocycles. The van der Waals surface area contributed by atoms with Crippen molar-refractivity contribution in [3.63, 3.8) is 0 Å². The Kier molecular flexibility index (Phi) is 5.60. The average Bonchev–Trinajstić information content (AvgIpc) is 2.16. The average molecular weight is 199 g/mol. The summed E-state index contributed by atoms with van der Waals surface area (Å²) in [7, 11) is 1.48. The summed E-state index contributed by atoms with van der Waals surface area (Å²) < 4.78 is 0. The number of amides is 1. The molecule has 0 aliphatic heterocycles. The maximum atomic E-state index is 11.2. The van der Waals surface area contributed by atoms with Gasteiger partial charge in [0.2, 0.25) is 5.91 Å². The van der Waals surface area contributed by atoms with Gasteiger partial charge in [-0.15, -0.1) is 0 Å². The molecule has 14 heavy (non-hydrogen) atoms. The number of unbranched alkanes of at least 4 members (excludes halogenated alkanes) is 1. The molecule has 0 bridgehead atoms. The number of carbonyl (C=O) groups excluding carboxylic acids is 1. The predicted octanol–water partition coefficient (Wildman–Crippen LogP) is 1.27. The summed E-state index contributed by atoms with van der Waals surface area (Å²) in [5.41, 5.74) is 0. The highest BCUT2D eigenvalue weighted by Crippen LogP contribution is 2.08. The molecule has 4 heteroatoms. The zero-order chi connectivity index (χ0) is 11.1. The number of nitrogens with zero attached hydrogens (tertiary/aromatic N) is 1. The zero-order valence-electron chi connectivity index (χ0n) is 8.69. The molecule has 4 nitrogen and oxygen atoms in total. The fourth-order valence-electron chi connectivity index (χ4n) is 1.18. The number of hydrogen-bond donors (Lipinski definition) is 1. The first-order valence-corrected chi connectivity index (χ1v) is 4.66. The molecule has 0 spiro atoms. The van der Waals surface area contributed by atoms with Gasteiger partial charge in [-0.05, 0) is 12.5 Å². The fraction of sp³-hybridized carbons (Fsp3) is 0.600. The molecule has 0 fully saturated rings. The quantitative estimate of drug-likeness (QED) is 0.655. The summed E-state index contributed by atoms with van der Waals surface area (Å²) in [5, 5.41) is 8.89. The first-order valence-electron chi connectivity index (χ1n) is 4.66. The molecule has 0 aromatic rings. The molecule has 0 aliphatic rings. The van der Waals surface area contributed by atoms with Crippen molar-refractivity contribution in [1.29, 1.82) is 0 Å². The van der Waals surface area contributed by atoms with Crippen LogP contribution in [0.15, 0.2) is 12.7 Å². The molecule has 0 radical (unpaired) electrons. The van der Waals surface area contributed by atoms with Crippen LogP contribution in [0.2, 0.25) is 0 Å². The Morgan fingerprint density at radius 3 is 2.50 bits per heavy atom. The summed E-state index contributed by atoms with van der Waals surface area (Å²) in [6, 6.07) is -0.736. The highest BCUT2D eigenvalue weighted by Gasteiger charge is 2.24. The molecule has 1 atom stereocenters. The van der Waals surface area contributed by atoms with E-state index in [9.17, 15) is 9.59 Å². The molecule has 1 unspecified atom stereocenters. The topological polar surface area (TPSA) is 57.6 Å². The second-order valence-corrected chi connectivity index (χ2v) is 3.15. The number of likely N-dealkylation sites (N-methyl/N-ethyl adjacent to an activating group) is 1. The molecule has 0 saturated carbocycles. The summed E-state index contributed by atoms with van der Waals surface area (Å²) in [6.07, 6.45) is 3.33. The number of carboxylic acid groups (broad SMARTS) is 1. The second kappa shape index (κ2) is 6.18. The molecule has 0 heterocycles. The van der Waals surface area contributed by atoms with E-state index in [0.717, 1.165) is 18.9 Å². The van der Waals surface area contributed by atoms with E-state index in [0.29, 0.717) is 6.42 Å². The first kappa shape index (κ1) is 12.7. The molecule has 0 rings (SSSR count). The van der Waals surface area contributed by atoms with Crippen molar-refractivity contribution in [3.05, 3.63) is 12.7 Å². The highest BCUT2D eigenvalue weighted by atomic mass is 16.4. The van der Waals surface area contributed by atoms with Gasteiger partial charge >= 0.3 is 5.97 Å². The molecule has 0 aliphatic carbocycles. The van der Waals surface area contributed by atoms with Gasteiger partial charge in [-0.2, -0.15) is 0 Å². The van der Waals surface area contributed by atoms with Crippen LogP contribution in [0.4, 0.5) is 0 Å². The Bertz CT molecular complexity index is 225. The Morgan fingerprint density at radius 1 is 1.57 bits per heavy atom. The monoisotopic (exact) mass is 199 g/mol. The van der Waals surface area contributed by atoms with Gasteiger partial charge in [0.05, 0.1) is 0 Å². The summed E-state index contributed by atoms with van der Waals surface area (Å²) in [5.74, 6) is -1.32. The molecule has 80 valence electrons. The lowest BCUT2D eigenvalue weighted by Gasteiger charge is -2.23. The van der Waals surface area contributed by atoms with E-state index in [4.69, 9.17) is 5.11 Å². The largest absolute Gasteiger partial charge is 0.480 e. The van der Waals surface area contributed by atoms with Crippen molar-refractivity contribution in [1.82, 2.24) is 4.90 Å². The van der Waals surface area contributed by atoms with E-state index in [-0.39, 0.29) is 5.91 Å². The van der Waals surface area contributed by atoms with E-state index >= 15 is 0 Å². The van der Waals surface area contributed by atoms with E-state index in [2.05, 4.69) is 6.58 Å². The lowest BCUT2D eigenvalue weighted by atomic mass is 10.1. The molecule has 1 amide bonds. The number of aliphatic carboxylic acids is 1. The summed E-state index contributed by atoms with van der Waals surface area (Å²) >= 11 is 0. The van der Waals surface area contributed by atoms with E-state index in [1.807, 2.05) is 6.92 Å². The lowest BCUT2D eigenvalue weighted by molar-refractivity contribution is -0.147. The van der Waals surface area contributed by atoms with Crippen LogP contribution in [0.25, 0.3) is 0 Å². The number of hydrogen-bond acceptors (Lipinski definition) is 2. The lowest BCUT2D eigenvalue weighted by Crippen LogP contribution is -2.41. The van der Waals surface area contributed by atoms with Gasteiger partial charge in [-0.3, -0.25) is 4.79 Å².